The first kappa shape index (κ1) is 13.9. The molecule has 0 saturated heterocycles. The Morgan fingerprint density at radius 3 is 2.71 bits per heavy atom. The van der Waals surface area contributed by atoms with E-state index < -0.39 is 0 Å². The first-order chi connectivity index (χ1) is 10.2. The third-order valence-corrected chi connectivity index (χ3v) is 4.06. The van der Waals surface area contributed by atoms with Crippen molar-refractivity contribution in [2.45, 2.75) is 44.6 Å². The number of amides is 2. The molecule has 2 amide bonds. The molecule has 1 aromatic rings. The van der Waals surface area contributed by atoms with Gasteiger partial charge in [-0.05, 0) is 31.0 Å². The van der Waals surface area contributed by atoms with Crippen LogP contribution in [0.25, 0.3) is 0 Å². The van der Waals surface area contributed by atoms with E-state index in [0.717, 1.165) is 12.8 Å². The molecule has 5 nitrogen and oxygen atoms in total. The van der Waals surface area contributed by atoms with Crippen LogP contribution in [0.1, 0.15) is 48.9 Å². The van der Waals surface area contributed by atoms with Gasteiger partial charge in [0, 0.05) is 11.6 Å². The molecule has 0 atom stereocenters. The lowest BCUT2D eigenvalue weighted by Crippen LogP contribution is -2.34. The van der Waals surface area contributed by atoms with Gasteiger partial charge in [0.15, 0.2) is 6.61 Å². The number of fused-ring (bicyclic) bond motifs is 1. The summed E-state index contributed by atoms with van der Waals surface area (Å²) in [7, 11) is 0. The topological polar surface area (TPSA) is 67.4 Å². The van der Waals surface area contributed by atoms with Crippen molar-refractivity contribution in [3.63, 3.8) is 0 Å². The lowest BCUT2D eigenvalue weighted by Gasteiger charge is -2.20. The quantitative estimate of drug-likeness (QED) is 0.821. The average Bonchev–Trinajstić information content (AvgIpc) is 2.75. The molecule has 3 rings (SSSR count). The summed E-state index contributed by atoms with van der Waals surface area (Å²) in [5.74, 6) is 0.342. The van der Waals surface area contributed by atoms with E-state index in [0.29, 0.717) is 17.0 Å². The fourth-order valence-corrected chi connectivity index (χ4v) is 2.92. The molecule has 21 heavy (non-hydrogen) atoms. The summed E-state index contributed by atoms with van der Waals surface area (Å²) < 4.78 is 5.29. The summed E-state index contributed by atoms with van der Waals surface area (Å²) in [4.78, 5) is 23.7. The number of carbonyl (C=O) groups is 2. The summed E-state index contributed by atoms with van der Waals surface area (Å²) in [6.07, 6.45) is 6.98. The Hall–Kier alpha value is -2.04. The van der Waals surface area contributed by atoms with Crippen molar-refractivity contribution in [3.8, 4) is 5.75 Å². The lowest BCUT2D eigenvalue weighted by atomic mass is 10.1. The summed E-state index contributed by atoms with van der Waals surface area (Å²) in [5, 5.41) is 5.83. The molecule has 112 valence electrons. The van der Waals surface area contributed by atoms with Gasteiger partial charge in [0.2, 0.25) is 0 Å². The van der Waals surface area contributed by atoms with Crippen LogP contribution in [0.5, 0.6) is 5.75 Å². The van der Waals surface area contributed by atoms with E-state index in [9.17, 15) is 9.59 Å². The number of ether oxygens (including phenoxy) is 1. The van der Waals surface area contributed by atoms with Crippen LogP contribution >= 0.6 is 0 Å². The minimum Gasteiger partial charge on any atom is -0.482 e. The normalized spacial score (nSPS) is 19.0. The first-order valence-electron chi connectivity index (χ1n) is 7.60. The molecule has 2 aliphatic rings. The molecule has 0 radical (unpaired) electrons. The molecule has 0 spiro atoms. The van der Waals surface area contributed by atoms with Crippen molar-refractivity contribution in [2.24, 2.45) is 0 Å². The van der Waals surface area contributed by atoms with Crippen LogP contribution in [0.4, 0.5) is 5.69 Å². The molecule has 1 aliphatic heterocycles. The minimum atomic E-state index is -0.191. The monoisotopic (exact) mass is 288 g/mol. The second-order valence-corrected chi connectivity index (χ2v) is 5.71. The molecule has 1 aliphatic carbocycles. The molecule has 2 N–H and O–H groups in total. The van der Waals surface area contributed by atoms with E-state index in [1.165, 1.54) is 25.7 Å². The molecule has 1 heterocycles. The molecular weight excluding hydrogens is 268 g/mol. The van der Waals surface area contributed by atoms with Crippen LogP contribution in [-0.2, 0) is 4.79 Å². The maximum atomic E-state index is 12.3. The molecule has 5 heteroatoms. The Labute approximate surface area is 124 Å². The minimum absolute atomic E-state index is 0.0284. The third-order valence-electron chi connectivity index (χ3n) is 4.06. The van der Waals surface area contributed by atoms with E-state index in [1.54, 1.807) is 18.2 Å². The molecule has 1 fully saturated rings. The first-order valence-corrected chi connectivity index (χ1v) is 7.60. The van der Waals surface area contributed by atoms with Gasteiger partial charge in [0.05, 0.1) is 5.69 Å². The highest BCUT2D eigenvalue weighted by Crippen LogP contribution is 2.28. The van der Waals surface area contributed by atoms with Crippen LogP contribution in [0, 0.1) is 0 Å². The zero-order valence-corrected chi connectivity index (χ0v) is 12.0. The lowest BCUT2D eigenvalue weighted by molar-refractivity contribution is -0.118. The molecule has 1 saturated carbocycles. The highest BCUT2D eigenvalue weighted by Gasteiger charge is 2.19. The number of nitrogens with one attached hydrogen (secondary N) is 2. The molecule has 0 bridgehead atoms. The Morgan fingerprint density at radius 2 is 1.95 bits per heavy atom. The molecule has 1 aromatic carbocycles. The van der Waals surface area contributed by atoms with Crippen molar-refractivity contribution in [2.75, 3.05) is 11.9 Å². The van der Waals surface area contributed by atoms with Crippen molar-refractivity contribution >= 4 is 17.5 Å². The Morgan fingerprint density at radius 1 is 1.19 bits per heavy atom. The van der Waals surface area contributed by atoms with E-state index in [4.69, 9.17) is 4.74 Å². The van der Waals surface area contributed by atoms with E-state index in [1.807, 2.05) is 0 Å². The third kappa shape index (κ3) is 3.35. The summed E-state index contributed by atoms with van der Waals surface area (Å²) in [5.41, 5.74) is 1.13. The van der Waals surface area contributed by atoms with Gasteiger partial charge >= 0.3 is 0 Å². The number of rotatable bonds is 2. The maximum Gasteiger partial charge on any atom is 0.262 e. The van der Waals surface area contributed by atoms with Crippen LogP contribution < -0.4 is 15.4 Å². The van der Waals surface area contributed by atoms with Crippen molar-refractivity contribution < 1.29 is 14.3 Å². The van der Waals surface area contributed by atoms with Gasteiger partial charge in [0.1, 0.15) is 5.75 Å². The number of hydrogen-bond acceptors (Lipinski definition) is 3. The van der Waals surface area contributed by atoms with E-state index >= 15 is 0 Å². The predicted octanol–water partition coefficient (Wildman–Crippen LogP) is 2.47. The fourth-order valence-electron chi connectivity index (χ4n) is 2.92. The summed E-state index contributed by atoms with van der Waals surface area (Å²) >= 11 is 0. The summed E-state index contributed by atoms with van der Waals surface area (Å²) in [6.45, 7) is 0.0284. The van der Waals surface area contributed by atoms with E-state index in [2.05, 4.69) is 10.6 Å². The van der Waals surface area contributed by atoms with Gasteiger partial charge in [-0.3, -0.25) is 9.59 Å². The molecule has 0 unspecified atom stereocenters. The van der Waals surface area contributed by atoms with Gasteiger partial charge in [0.25, 0.3) is 11.8 Å². The average molecular weight is 288 g/mol. The van der Waals surface area contributed by atoms with Crippen molar-refractivity contribution in [1.29, 1.82) is 0 Å². The number of benzene rings is 1. The van der Waals surface area contributed by atoms with Crippen molar-refractivity contribution in [1.82, 2.24) is 5.32 Å². The number of anilines is 1. The van der Waals surface area contributed by atoms with Gasteiger partial charge in [-0.25, -0.2) is 0 Å². The number of hydrogen-bond donors (Lipinski definition) is 2. The SMILES string of the molecule is O=C1COc2ccc(C(=O)NC3CCCCCC3)cc2N1. The zero-order valence-electron chi connectivity index (χ0n) is 12.0. The smallest absolute Gasteiger partial charge is 0.262 e. The highest BCUT2D eigenvalue weighted by molar-refractivity contribution is 5.99. The standard InChI is InChI=1S/C16H20N2O3/c19-15-10-21-14-8-7-11(9-13(14)18-15)16(20)17-12-5-3-1-2-4-6-12/h7-9,12H,1-6,10H2,(H,17,20)(H,18,19). The van der Waals surface area contributed by atoms with Gasteiger partial charge < -0.3 is 15.4 Å². The van der Waals surface area contributed by atoms with Crippen LogP contribution in [0.3, 0.4) is 0 Å². The van der Waals surface area contributed by atoms with Gasteiger partial charge in [-0.1, -0.05) is 25.7 Å². The van der Waals surface area contributed by atoms with Crippen molar-refractivity contribution in [3.05, 3.63) is 23.8 Å². The van der Waals surface area contributed by atoms with Crippen LogP contribution in [-0.4, -0.2) is 24.5 Å². The number of carbonyl (C=O) groups excluding carboxylic acids is 2. The summed E-state index contributed by atoms with van der Waals surface area (Å²) in [6, 6.07) is 5.42. The van der Waals surface area contributed by atoms with Gasteiger partial charge in [-0.2, -0.15) is 0 Å². The van der Waals surface area contributed by atoms with Crippen LogP contribution in [0.15, 0.2) is 18.2 Å². The highest BCUT2D eigenvalue weighted by atomic mass is 16.5. The zero-order chi connectivity index (χ0) is 14.7. The Bertz CT molecular complexity index is 548. The molecular formula is C16H20N2O3. The predicted molar refractivity (Wildman–Crippen MR) is 79.5 cm³/mol. The fraction of sp³-hybridized carbons (Fsp3) is 0.500. The maximum absolute atomic E-state index is 12.3. The second-order valence-electron chi connectivity index (χ2n) is 5.71. The van der Waals surface area contributed by atoms with Gasteiger partial charge in [-0.15, -0.1) is 0 Å². The Kier molecular flexibility index (Phi) is 4.08. The van der Waals surface area contributed by atoms with Crippen LogP contribution in [0.2, 0.25) is 0 Å². The van der Waals surface area contributed by atoms with E-state index in [-0.39, 0.29) is 24.5 Å². The Balaban J connectivity index is 1.69. The molecule has 0 aromatic heterocycles. The largest absolute Gasteiger partial charge is 0.482 e. The second kappa shape index (κ2) is 6.16.